The number of nitriles is 1. The average Bonchev–Trinajstić information content (AvgIpc) is 3.32. The molecule has 7 heteroatoms. The predicted molar refractivity (Wildman–Crippen MR) is 90.4 cm³/mol. The Labute approximate surface area is 145 Å². The van der Waals surface area contributed by atoms with E-state index in [0.29, 0.717) is 29.6 Å². The van der Waals surface area contributed by atoms with Gasteiger partial charge in [0.1, 0.15) is 17.3 Å². The van der Waals surface area contributed by atoms with E-state index in [9.17, 15) is 4.79 Å². The highest BCUT2D eigenvalue weighted by Crippen LogP contribution is 2.32. The molecule has 0 radical (unpaired) electrons. The maximum atomic E-state index is 11.2. The lowest BCUT2D eigenvalue weighted by Crippen LogP contribution is -2.07. The summed E-state index contributed by atoms with van der Waals surface area (Å²) in [5, 5.41) is 18.2. The zero-order valence-electron chi connectivity index (χ0n) is 14.1. The van der Waals surface area contributed by atoms with Crippen LogP contribution in [0.5, 0.6) is 11.6 Å². The molecule has 3 rings (SSSR count). The number of carbonyl (C=O) groups is 1. The van der Waals surface area contributed by atoms with Crippen LogP contribution in [-0.2, 0) is 4.79 Å². The van der Waals surface area contributed by atoms with Crippen LogP contribution in [0.2, 0.25) is 0 Å². The summed E-state index contributed by atoms with van der Waals surface area (Å²) < 4.78 is 13.2. The summed E-state index contributed by atoms with van der Waals surface area (Å²) in [6.07, 6.45) is 5.21. The monoisotopic (exact) mass is 341 g/mol. The normalized spacial score (nSPS) is 14.6. The van der Waals surface area contributed by atoms with Crippen LogP contribution in [-0.4, -0.2) is 33.2 Å². The van der Waals surface area contributed by atoms with Crippen LogP contribution in [0, 0.1) is 17.2 Å². The van der Waals surface area contributed by atoms with Gasteiger partial charge in [-0.15, -0.1) is 0 Å². The van der Waals surface area contributed by atoms with Crippen molar-refractivity contribution in [2.75, 3.05) is 6.61 Å². The molecule has 0 amide bonds. The molecule has 0 saturated heterocycles. The van der Waals surface area contributed by atoms with E-state index >= 15 is 0 Å². The molecule has 0 bridgehead atoms. The molecule has 1 aliphatic carbocycles. The first-order valence-corrected chi connectivity index (χ1v) is 8.15. The van der Waals surface area contributed by atoms with E-state index in [-0.39, 0.29) is 17.6 Å². The molecule has 0 atom stereocenters. The molecule has 130 valence electrons. The topological polar surface area (TPSA) is 96.9 Å². The Morgan fingerprint density at radius 2 is 2.32 bits per heavy atom. The van der Waals surface area contributed by atoms with Crippen LogP contribution < -0.4 is 9.47 Å². The van der Waals surface area contributed by atoms with Crippen molar-refractivity contribution in [2.24, 2.45) is 5.92 Å². The molecule has 0 aliphatic heterocycles. The second kappa shape index (κ2) is 6.85. The molecule has 0 spiro atoms. The Bertz CT molecular complexity index is 872. The fraction of sp³-hybridized carbons (Fsp3) is 0.389. The zero-order chi connectivity index (χ0) is 18.0. The fourth-order valence-corrected chi connectivity index (χ4v) is 2.36. The molecule has 0 unspecified atom stereocenters. The third-order valence-electron chi connectivity index (χ3n) is 3.77. The lowest BCUT2D eigenvalue weighted by molar-refractivity contribution is -0.132. The fourth-order valence-electron chi connectivity index (χ4n) is 2.36. The lowest BCUT2D eigenvalue weighted by atomic mass is 10.2. The van der Waals surface area contributed by atoms with Gasteiger partial charge in [0.15, 0.2) is 11.4 Å². The van der Waals surface area contributed by atoms with Crippen molar-refractivity contribution in [3.05, 3.63) is 29.6 Å². The standard InChI is InChI=1S/C18H19N3O4/c1-11(2)25-17-14(8-13(9-19)18(22)23)21-7-3-4-15(16(21)20-17)24-10-12-5-6-12/h3-4,7-8,11-12H,5-6,10H2,1-2H3,(H,22,23). The number of aromatic nitrogens is 2. The van der Waals surface area contributed by atoms with Gasteiger partial charge in [0.2, 0.25) is 5.88 Å². The van der Waals surface area contributed by atoms with Gasteiger partial charge in [0, 0.05) is 6.20 Å². The maximum Gasteiger partial charge on any atom is 0.346 e. The van der Waals surface area contributed by atoms with Crippen molar-refractivity contribution < 1.29 is 19.4 Å². The molecule has 2 aromatic heterocycles. The van der Waals surface area contributed by atoms with E-state index in [1.165, 1.54) is 18.9 Å². The van der Waals surface area contributed by atoms with Gasteiger partial charge in [-0.05, 0) is 50.8 Å². The predicted octanol–water partition coefficient (Wildman–Crippen LogP) is 2.90. The molecule has 2 aromatic rings. The SMILES string of the molecule is CC(C)Oc1nc2c(OCC3CC3)cccn2c1C=C(C#N)C(=O)O. The minimum absolute atomic E-state index is 0.150. The van der Waals surface area contributed by atoms with Gasteiger partial charge in [0.25, 0.3) is 0 Å². The summed E-state index contributed by atoms with van der Waals surface area (Å²) in [6.45, 7) is 4.34. The summed E-state index contributed by atoms with van der Waals surface area (Å²) in [7, 11) is 0. The molecule has 7 nitrogen and oxygen atoms in total. The largest absolute Gasteiger partial charge is 0.489 e. The van der Waals surface area contributed by atoms with E-state index in [0.717, 1.165) is 0 Å². The number of ether oxygens (including phenoxy) is 2. The number of pyridine rings is 1. The van der Waals surface area contributed by atoms with E-state index in [4.69, 9.17) is 19.8 Å². The second-order valence-electron chi connectivity index (χ2n) is 6.26. The number of aliphatic carboxylic acids is 1. The van der Waals surface area contributed by atoms with Crippen molar-refractivity contribution in [3.8, 4) is 17.7 Å². The molecule has 1 fully saturated rings. The number of nitrogens with zero attached hydrogens (tertiary/aromatic N) is 3. The summed E-state index contributed by atoms with van der Waals surface area (Å²) in [5.74, 6) is 0.176. The van der Waals surface area contributed by atoms with Crippen molar-refractivity contribution in [1.82, 2.24) is 9.38 Å². The Morgan fingerprint density at radius 3 is 2.92 bits per heavy atom. The Kier molecular flexibility index (Phi) is 4.61. The van der Waals surface area contributed by atoms with E-state index in [2.05, 4.69) is 4.98 Å². The molecule has 1 N–H and O–H groups in total. The van der Waals surface area contributed by atoms with E-state index in [1.54, 1.807) is 22.7 Å². The average molecular weight is 341 g/mol. The van der Waals surface area contributed by atoms with Crippen molar-refractivity contribution in [2.45, 2.75) is 32.8 Å². The molecule has 1 saturated carbocycles. The number of hydrogen-bond acceptors (Lipinski definition) is 5. The highest BCUT2D eigenvalue weighted by molar-refractivity contribution is 5.96. The Hall–Kier alpha value is -3.01. The Balaban J connectivity index is 2.10. The molecule has 2 heterocycles. The van der Waals surface area contributed by atoms with Gasteiger partial charge in [-0.25, -0.2) is 4.79 Å². The number of fused-ring (bicyclic) bond motifs is 1. The van der Waals surface area contributed by atoms with Crippen molar-refractivity contribution in [3.63, 3.8) is 0 Å². The molecular weight excluding hydrogens is 322 g/mol. The van der Waals surface area contributed by atoms with Gasteiger partial charge >= 0.3 is 5.97 Å². The van der Waals surface area contributed by atoms with E-state index < -0.39 is 5.97 Å². The van der Waals surface area contributed by atoms with Crippen LogP contribution in [0.25, 0.3) is 11.7 Å². The molecule has 1 aliphatic rings. The van der Waals surface area contributed by atoms with Crippen LogP contribution >= 0.6 is 0 Å². The molecule has 0 aromatic carbocycles. The first-order valence-electron chi connectivity index (χ1n) is 8.15. The number of imidazole rings is 1. The lowest BCUT2D eigenvalue weighted by Gasteiger charge is -2.07. The summed E-state index contributed by atoms with van der Waals surface area (Å²) in [5.41, 5.74) is 0.548. The first-order chi connectivity index (χ1) is 12.0. The zero-order valence-corrected chi connectivity index (χ0v) is 14.1. The van der Waals surface area contributed by atoms with Crippen LogP contribution in [0.3, 0.4) is 0 Å². The summed E-state index contributed by atoms with van der Waals surface area (Å²) in [6, 6.07) is 5.29. The number of hydrogen-bond donors (Lipinski definition) is 1. The quantitative estimate of drug-likeness (QED) is 0.614. The van der Waals surface area contributed by atoms with E-state index in [1.807, 2.05) is 19.9 Å². The van der Waals surface area contributed by atoms with Crippen LogP contribution in [0.15, 0.2) is 23.9 Å². The number of carboxylic acid groups (broad SMARTS) is 1. The molecule has 25 heavy (non-hydrogen) atoms. The third-order valence-corrected chi connectivity index (χ3v) is 3.77. The van der Waals surface area contributed by atoms with Gasteiger partial charge < -0.3 is 14.6 Å². The minimum atomic E-state index is -1.30. The van der Waals surface area contributed by atoms with Gasteiger partial charge in [-0.1, -0.05) is 0 Å². The van der Waals surface area contributed by atoms with Crippen LogP contribution in [0.1, 0.15) is 32.4 Å². The third kappa shape index (κ3) is 3.74. The Morgan fingerprint density at radius 1 is 1.56 bits per heavy atom. The highest BCUT2D eigenvalue weighted by Gasteiger charge is 2.23. The van der Waals surface area contributed by atoms with Gasteiger partial charge in [-0.3, -0.25) is 4.40 Å². The highest BCUT2D eigenvalue weighted by atomic mass is 16.5. The first kappa shape index (κ1) is 16.8. The van der Waals surface area contributed by atoms with Crippen molar-refractivity contribution >= 4 is 17.7 Å². The van der Waals surface area contributed by atoms with Crippen LogP contribution in [0.4, 0.5) is 0 Å². The smallest absolute Gasteiger partial charge is 0.346 e. The number of carboxylic acids is 1. The summed E-state index contributed by atoms with van der Waals surface area (Å²) in [4.78, 5) is 15.7. The van der Waals surface area contributed by atoms with Gasteiger partial charge in [-0.2, -0.15) is 10.2 Å². The second-order valence-corrected chi connectivity index (χ2v) is 6.26. The van der Waals surface area contributed by atoms with Crippen molar-refractivity contribution in [1.29, 1.82) is 5.26 Å². The molecular formula is C18H19N3O4. The number of rotatable bonds is 7. The maximum absolute atomic E-state index is 11.2. The minimum Gasteiger partial charge on any atom is -0.489 e. The summed E-state index contributed by atoms with van der Waals surface area (Å²) >= 11 is 0. The van der Waals surface area contributed by atoms with Gasteiger partial charge in [0.05, 0.1) is 12.7 Å².